The van der Waals surface area contributed by atoms with Crippen LogP contribution in [-0.4, -0.2) is 27.6 Å². The predicted octanol–water partition coefficient (Wildman–Crippen LogP) is 2.73. The van der Waals surface area contributed by atoms with Gasteiger partial charge in [0.1, 0.15) is 17.2 Å². The van der Waals surface area contributed by atoms with Gasteiger partial charge < -0.3 is 4.90 Å². The molecule has 1 amide bonds. The van der Waals surface area contributed by atoms with Gasteiger partial charge in [-0.2, -0.15) is 5.10 Å². The number of carbonyl (C=O) groups excluding carboxylic acids is 1. The van der Waals surface area contributed by atoms with E-state index in [0.29, 0.717) is 0 Å². The molecule has 2 rings (SSSR count). The van der Waals surface area contributed by atoms with Crippen LogP contribution in [0.3, 0.4) is 0 Å². The van der Waals surface area contributed by atoms with E-state index in [-0.39, 0.29) is 11.0 Å². The summed E-state index contributed by atoms with van der Waals surface area (Å²) in [7, 11) is 3.23. The Bertz CT molecular complexity index is 634. The summed E-state index contributed by atoms with van der Waals surface area (Å²) in [6.45, 7) is 0.224. The molecule has 0 bridgehead atoms. The first-order valence-corrected chi connectivity index (χ1v) is 6.55. The van der Waals surface area contributed by atoms with Crippen molar-refractivity contribution < 1.29 is 13.6 Å². The van der Waals surface area contributed by atoms with Crippen LogP contribution in [0.5, 0.6) is 0 Å². The largest absolute Gasteiger partial charge is 0.337 e. The fourth-order valence-electron chi connectivity index (χ4n) is 1.84. The topological polar surface area (TPSA) is 38.1 Å². The second-order valence-corrected chi connectivity index (χ2v) is 5.34. The Kier molecular flexibility index (Phi) is 4.17. The van der Waals surface area contributed by atoms with Gasteiger partial charge in [0, 0.05) is 36.9 Å². The van der Waals surface area contributed by atoms with Gasteiger partial charge in [0.05, 0.1) is 6.20 Å². The summed E-state index contributed by atoms with van der Waals surface area (Å²) in [5.41, 5.74) is 0.223. The van der Waals surface area contributed by atoms with E-state index in [0.717, 1.165) is 17.7 Å². The van der Waals surface area contributed by atoms with Crippen LogP contribution in [0.25, 0.3) is 0 Å². The quantitative estimate of drug-likeness (QED) is 0.859. The van der Waals surface area contributed by atoms with E-state index in [9.17, 15) is 13.6 Å². The number of hydrogen-bond donors (Lipinski definition) is 0. The molecule has 0 saturated carbocycles. The Labute approximate surface area is 123 Å². The first-order chi connectivity index (χ1) is 9.38. The van der Waals surface area contributed by atoms with Gasteiger partial charge in [0.15, 0.2) is 0 Å². The molecule has 0 spiro atoms. The van der Waals surface area contributed by atoms with Gasteiger partial charge in [0.2, 0.25) is 0 Å². The molecule has 1 heterocycles. The molecule has 0 radical (unpaired) electrons. The third kappa shape index (κ3) is 3.04. The smallest absolute Gasteiger partial charge is 0.259 e. The van der Waals surface area contributed by atoms with Gasteiger partial charge in [-0.15, -0.1) is 0 Å². The van der Waals surface area contributed by atoms with E-state index in [2.05, 4.69) is 21.0 Å². The lowest BCUT2D eigenvalue weighted by Crippen LogP contribution is -2.28. The Balaban J connectivity index is 2.23. The molecule has 0 aliphatic carbocycles. The van der Waals surface area contributed by atoms with Crippen molar-refractivity contribution in [3.63, 3.8) is 0 Å². The Morgan fingerprint density at radius 3 is 2.50 bits per heavy atom. The molecule has 106 valence electrons. The number of carbonyl (C=O) groups is 1. The molecule has 4 nitrogen and oxygen atoms in total. The van der Waals surface area contributed by atoms with Gasteiger partial charge in [-0.1, -0.05) is 15.9 Å². The molecule has 0 unspecified atom stereocenters. The molecule has 7 heteroatoms. The number of nitrogens with zero attached hydrogens (tertiary/aromatic N) is 3. The number of aromatic nitrogens is 2. The molecule has 1 aromatic carbocycles. The van der Waals surface area contributed by atoms with Gasteiger partial charge in [-0.05, 0) is 12.1 Å². The van der Waals surface area contributed by atoms with Crippen LogP contribution in [0.1, 0.15) is 15.9 Å². The van der Waals surface area contributed by atoms with Crippen molar-refractivity contribution in [2.24, 2.45) is 7.05 Å². The summed E-state index contributed by atoms with van der Waals surface area (Å²) in [4.78, 5) is 13.4. The summed E-state index contributed by atoms with van der Waals surface area (Å²) in [5.74, 6) is -2.49. The monoisotopic (exact) mass is 343 g/mol. The normalized spacial score (nSPS) is 10.7. The number of hydrogen-bond acceptors (Lipinski definition) is 2. The highest BCUT2D eigenvalue weighted by Gasteiger charge is 2.22. The predicted molar refractivity (Wildman–Crippen MR) is 73.1 cm³/mol. The van der Waals surface area contributed by atoms with Crippen molar-refractivity contribution >= 4 is 21.8 Å². The third-order valence-corrected chi connectivity index (χ3v) is 3.20. The Hall–Kier alpha value is -1.76. The summed E-state index contributed by atoms with van der Waals surface area (Å²) >= 11 is 2.97. The van der Waals surface area contributed by atoms with E-state index < -0.39 is 23.1 Å². The Morgan fingerprint density at radius 1 is 1.40 bits per heavy atom. The van der Waals surface area contributed by atoms with E-state index in [1.54, 1.807) is 24.1 Å². The molecule has 0 saturated heterocycles. The van der Waals surface area contributed by atoms with E-state index in [1.165, 1.54) is 11.9 Å². The minimum absolute atomic E-state index is 0.224. The maximum absolute atomic E-state index is 13.7. The van der Waals surface area contributed by atoms with Crippen molar-refractivity contribution in [3.8, 4) is 0 Å². The molecule has 2 aromatic rings. The number of amides is 1. The second-order valence-electron chi connectivity index (χ2n) is 4.43. The fraction of sp³-hybridized carbons (Fsp3) is 0.231. The lowest BCUT2D eigenvalue weighted by atomic mass is 10.1. The number of benzene rings is 1. The minimum Gasteiger partial charge on any atom is -0.337 e. The maximum Gasteiger partial charge on any atom is 0.259 e. The Morgan fingerprint density at radius 2 is 2.00 bits per heavy atom. The summed E-state index contributed by atoms with van der Waals surface area (Å²) in [6, 6.07) is 2.13. The van der Waals surface area contributed by atoms with Crippen LogP contribution in [-0.2, 0) is 13.6 Å². The van der Waals surface area contributed by atoms with Gasteiger partial charge in [-0.3, -0.25) is 9.48 Å². The first kappa shape index (κ1) is 14.6. The van der Waals surface area contributed by atoms with E-state index in [4.69, 9.17) is 0 Å². The summed E-state index contributed by atoms with van der Waals surface area (Å²) < 4.78 is 29.3. The van der Waals surface area contributed by atoms with Crippen molar-refractivity contribution in [2.45, 2.75) is 6.54 Å². The number of rotatable bonds is 3. The van der Waals surface area contributed by atoms with Crippen LogP contribution in [0.15, 0.2) is 29.0 Å². The molecule has 1 aromatic heterocycles. The van der Waals surface area contributed by atoms with Crippen molar-refractivity contribution in [1.29, 1.82) is 0 Å². The van der Waals surface area contributed by atoms with Gasteiger partial charge >= 0.3 is 0 Å². The zero-order valence-electron chi connectivity index (χ0n) is 10.9. The highest BCUT2D eigenvalue weighted by molar-refractivity contribution is 9.10. The molecular weight excluding hydrogens is 332 g/mol. The molecule has 20 heavy (non-hydrogen) atoms. The van der Waals surface area contributed by atoms with Crippen molar-refractivity contribution in [2.75, 3.05) is 7.05 Å². The number of halogens is 3. The van der Waals surface area contributed by atoms with Crippen LogP contribution >= 0.6 is 15.9 Å². The molecular formula is C13H12BrF2N3O. The van der Waals surface area contributed by atoms with Crippen molar-refractivity contribution in [1.82, 2.24) is 14.7 Å². The minimum atomic E-state index is -0.889. The zero-order valence-corrected chi connectivity index (χ0v) is 12.5. The zero-order chi connectivity index (χ0) is 14.9. The highest BCUT2D eigenvalue weighted by atomic mass is 79.9. The van der Waals surface area contributed by atoms with Crippen LogP contribution < -0.4 is 0 Å². The average molecular weight is 344 g/mol. The van der Waals surface area contributed by atoms with E-state index in [1.807, 2.05) is 0 Å². The van der Waals surface area contributed by atoms with Crippen LogP contribution in [0.4, 0.5) is 8.78 Å². The molecule has 0 aliphatic heterocycles. The van der Waals surface area contributed by atoms with Crippen molar-refractivity contribution in [3.05, 3.63) is 51.8 Å². The van der Waals surface area contributed by atoms with Gasteiger partial charge in [-0.25, -0.2) is 8.78 Å². The van der Waals surface area contributed by atoms with Crippen LogP contribution in [0.2, 0.25) is 0 Å². The third-order valence-electron chi connectivity index (χ3n) is 2.75. The van der Waals surface area contributed by atoms with Crippen LogP contribution in [0, 0.1) is 11.6 Å². The number of aryl methyl sites for hydroxylation is 1. The molecule has 0 fully saturated rings. The highest BCUT2D eigenvalue weighted by Crippen LogP contribution is 2.21. The first-order valence-electron chi connectivity index (χ1n) is 5.76. The van der Waals surface area contributed by atoms with Gasteiger partial charge in [0.25, 0.3) is 5.91 Å². The second kappa shape index (κ2) is 5.70. The molecule has 0 aliphatic rings. The SMILES string of the molecule is CN(Cc1cnn(C)c1)C(=O)c1c(F)cc(Br)cc1F. The maximum atomic E-state index is 13.7. The lowest BCUT2D eigenvalue weighted by Gasteiger charge is -2.17. The standard InChI is InChI=1S/C13H12BrF2N3O/c1-18(6-8-5-17-19(2)7-8)13(20)12-10(15)3-9(14)4-11(12)16/h3-5,7H,6H2,1-2H3. The molecule has 0 atom stereocenters. The van der Waals surface area contributed by atoms with E-state index >= 15 is 0 Å². The lowest BCUT2D eigenvalue weighted by molar-refractivity contribution is 0.0775. The molecule has 0 N–H and O–H groups in total. The summed E-state index contributed by atoms with van der Waals surface area (Å²) in [5, 5.41) is 3.97. The fourth-order valence-corrected chi connectivity index (χ4v) is 2.24. The average Bonchev–Trinajstić information content (AvgIpc) is 2.73. The summed E-state index contributed by atoms with van der Waals surface area (Å²) in [6.07, 6.45) is 3.33.